The smallest absolute Gasteiger partial charge is 0.319 e. The number of ether oxygens (including phenoxy) is 1. The first-order valence-electron chi connectivity index (χ1n) is 13.6. The first-order chi connectivity index (χ1) is 18.3. The van der Waals surface area contributed by atoms with Crippen molar-refractivity contribution in [3.8, 4) is 5.75 Å². The first kappa shape index (κ1) is 32.3. The molecule has 1 aromatic rings. The Morgan fingerprint density at radius 1 is 1.13 bits per heavy atom. The van der Waals surface area contributed by atoms with Crippen LogP contribution >= 0.6 is 0 Å². The molecule has 39 heavy (non-hydrogen) atoms. The van der Waals surface area contributed by atoms with Crippen LogP contribution < -0.4 is 15.4 Å². The third-order valence-electron chi connectivity index (χ3n) is 7.23. The number of hydrogen-bond acceptors (Lipinski definition) is 5. The van der Waals surface area contributed by atoms with E-state index in [2.05, 4.69) is 10.6 Å². The molecule has 1 aromatic carbocycles. The molecule has 2 N–H and O–H groups in total. The molecule has 2 aliphatic rings. The van der Waals surface area contributed by atoms with Crippen molar-refractivity contribution in [3.63, 3.8) is 0 Å². The first-order valence-corrected chi connectivity index (χ1v) is 13.6. The van der Waals surface area contributed by atoms with Crippen molar-refractivity contribution in [2.75, 3.05) is 40.8 Å². The molecule has 2 fully saturated rings. The van der Waals surface area contributed by atoms with E-state index in [1.54, 1.807) is 37.9 Å². The van der Waals surface area contributed by atoms with E-state index in [1.807, 2.05) is 34.6 Å². The second-order valence-corrected chi connectivity index (χ2v) is 11.2. The van der Waals surface area contributed by atoms with E-state index in [9.17, 15) is 23.2 Å². The number of nitrogens with one attached hydrogen (secondary N) is 2. The van der Waals surface area contributed by atoms with Gasteiger partial charge in [-0.2, -0.15) is 0 Å². The molecule has 0 aromatic heterocycles. The van der Waals surface area contributed by atoms with Gasteiger partial charge in [-0.1, -0.05) is 34.6 Å². The maximum atomic E-state index is 13.9. The summed E-state index contributed by atoms with van der Waals surface area (Å²) in [5.41, 5.74) is -0.562. The van der Waals surface area contributed by atoms with Crippen LogP contribution in [0.15, 0.2) is 18.2 Å². The number of amides is 4. The highest BCUT2D eigenvalue weighted by Crippen LogP contribution is 2.38. The topological polar surface area (TPSA) is 94.2 Å². The quantitative estimate of drug-likeness (QED) is 0.541. The maximum absolute atomic E-state index is 13.9. The number of carbonyl (C=O) groups excluding carboxylic acids is 3. The Labute approximate surface area is 231 Å². The summed E-state index contributed by atoms with van der Waals surface area (Å²) in [6.07, 6.45) is 0.593. The second-order valence-electron chi connectivity index (χ2n) is 11.2. The molecule has 2 saturated heterocycles. The largest absolute Gasteiger partial charge is 0.493 e. The van der Waals surface area contributed by atoms with Crippen molar-refractivity contribution in [2.45, 2.75) is 72.1 Å². The van der Waals surface area contributed by atoms with Crippen LogP contribution in [0.1, 0.15) is 48.0 Å². The third kappa shape index (κ3) is 7.38. The fourth-order valence-corrected chi connectivity index (χ4v) is 5.07. The monoisotopic (exact) mass is 553 g/mol. The number of urea groups is 1. The molecule has 4 amide bonds. The molecule has 3 rings (SSSR count). The van der Waals surface area contributed by atoms with Crippen LogP contribution in [0.2, 0.25) is 0 Å². The zero-order valence-electron chi connectivity index (χ0n) is 24.7. The molecule has 5 atom stereocenters. The lowest BCUT2D eigenvalue weighted by molar-refractivity contribution is -0.141. The summed E-state index contributed by atoms with van der Waals surface area (Å²) in [4.78, 5) is 44.6. The molecule has 0 aliphatic carbocycles. The molecule has 11 heteroatoms. The molecule has 220 valence electrons. The number of halogens is 2. The van der Waals surface area contributed by atoms with Gasteiger partial charge >= 0.3 is 6.03 Å². The molecule has 9 nitrogen and oxygen atoms in total. The van der Waals surface area contributed by atoms with E-state index < -0.39 is 29.1 Å². The summed E-state index contributed by atoms with van der Waals surface area (Å²) in [5.74, 6) is -2.56. The molecule has 0 spiro atoms. The average molecular weight is 554 g/mol. The Morgan fingerprint density at radius 3 is 2.31 bits per heavy atom. The number of nitrogens with zero attached hydrogens (tertiary/aromatic N) is 3. The summed E-state index contributed by atoms with van der Waals surface area (Å²) in [7, 11) is 5.03. The van der Waals surface area contributed by atoms with Crippen LogP contribution in [0.5, 0.6) is 5.75 Å². The summed E-state index contributed by atoms with van der Waals surface area (Å²) in [5, 5.41) is 5.80. The lowest BCUT2D eigenvalue weighted by Gasteiger charge is -2.37. The van der Waals surface area contributed by atoms with Crippen molar-refractivity contribution < 1.29 is 27.9 Å². The SMILES string of the molecule is CC.CN[C@@H](C)C(=O)NC(C(=O)N1CCC2C1[C@@H](COc1ccc(F)c(F)c1)CN2C(=O)N(C)C)C(C)(C)C. The van der Waals surface area contributed by atoms with E-state index in [0.717, 1.165) is 12.1 Å². The fraction of sp³-hybridized carbons (Fsp3) is 0.679. The van der Waals surface area contributed by atoms with Gasteiger partial charge in [-0.15, -0.1) is 0 Å². The van der Waals surface area contributed by atoms with Gasteiger partial charge in [0.2, 0.25) is 11.8 Å². The van der Waals surface area contributed by atoms with Gasteiger partial charge < -0.3 is 30.1 Å². The van der Waals surface area contributed by atoms with Crippen LogP contribution in [0.4, 0.5) is 13.6 Å². The number of likely N-dealkylation sites (N-methyl/N-ethyl adjacent to an activating group) is 1. The Bertz CT molecular complexity index is 1020. The van der Waals surface area contributed by atoms with Crippen LogP contribution in [-0.2, 0) is 9.59 Å². The molecule has 0 radical (unpaired) electrons. The van der Waals surface area contributed by atoms with E-state index >= 15 is 0 Å². The predicted octanol–water partition coefficient (Wildman–Crippen LogP) is 3.09. The van der Waals surface area contributed by atoms with Crippen LogP contribution in [0.25, 0.3) is 0 Å². The number of benzene rings is 1. The predicted molar refractivity (Wildman–Crippen MR) is 146 cm³/mol. The minimum absolute atomic E-state index is 0.108. The minimum atomic E-state index is -1.01. The van der Waals surface area contributed by atoms with Gasteiger partial charge in [0.15, 0.2) is 11.6 Å². The van der Waals surface area contributed by atoms with Gasteiger partial charge in [-0.3, -0.25) is 9.59 Å². The summed E-state index contributed by atoms with van der Waals surface area (Å²) >= 11 is 0. The van der Waals surface area contributed by atoms with Crippen molar-refractivity contribution >= 4 is 17.8 Å². The van der Waals surface area contributed by atoms with Gasteiger partial charge in [0, 0.05) is 39.2 Å². The highest BCUT2D eigenvalue weighted by molar-refractivity contribution is 5.90. The molecule has 2 aliphatic heterocycles. The standard InChI is InChI=1S/C26H39F2N5O4.C2H6/c1-15(29-5)23(34)30-22(26(2,3)4)24(35)32-11-10-20-21(32)16(13-33(20)25(36)31(6)7)14-37-17-8-9-18(27)19(28)12-17;1-2/h8-9,12,15-16,20-22,29H,10-11,13-14H2,1-7H3,(H,30,34);1-2H3/t15-,16+,20?,21?,22?;/m0./s1. The van der Waals surface area contributed by atoms with Crippen molar-refractivity contribution in [2.24, 2.45) is 11.3 Å². The molecule has 0 saturated carbocycles. The zero-order chi connectivity index (χ0) is 29.7. The Morgan fingerprint density at radius 2 is 1.77 bits per heavy atom. The second kappa shape index (κ2) is 13.4. The number of hydrogen-bond donors (Lipinski definition) is 2. The molecular formula is C28H45F2N5O4. The van der Waals surface area contributed by atoms with Crippen LogP contribution in [0.3, 0.4) is 0 Å². The number of carbonyl (C=O) groups is 3. The summed E-state index contributed by atoms with van der Waals surface area (Å²) in [6, 6.07) is 1.35. The lowest BCUT2D eigenvalue weighted by atomic mass is 9.85. The Balaban J connectivity index is 0.00000260. The molecule has 3 unspecified atom stereocenters. The van der Waals surface area contributed by atoms with Crippen molar-refractivity contribution in [1.29, 1.82) is 0 Å². The van der Waals surface area contributed by atoms with Gasteiger partial charge in [0.25, 0.3) is 0 Å². The Hall–Kier alpha value is -2.95. The molecule has 0 bridgehead atoms. The normalized spacial score (nSPS) is 21.9. The number of fused-ring (bicyclic) bond motifs is 1. The van der Waals surface area contributed by atoms with Crippen LogP contribution in [-0.4, -0.2) is 97.6 Å². The lowest BCUT2D eigenvalue weighted by Crippen LogP contribution is -2.59. The minimum Gasteiger partial charge on any atom is -0.493 e. The maximum Gasteiger partial charge on any atom is 0.319 e. The number of rotatable bonds is 7. The third-order valence-corrected chi connectivity index (χ3v) is 7.23. The van der Waals surface area contributed by atoms with Gasteiger partial charge in [-0.25, -0.2) is 13.6 Å². The van der Waals surface area contributed by atoms with Gasteiger partial charge in [-0.05, 0) is 37.9 Å². The van der Waals surface area contributed by atoms with Crippen LogP contribution in [0, 0.1) is 23.0 Å². The number of likely N-dealkylation sites (tertiary alicyclic amines) is 2. The highest BCUT2D eigenvalue weighted by atomic mass is 19.2. The zero-order valence-corrected chi connectivity index (χ0v) is 24.7. The highest BCUT2D eigenvalue weighted by Gasteiger charge is 2.53. The fourth-order valence-electron chi connectivity index (χ4n) is 5.07. The van der Waals surface area contributed by atoms with Gasteiger partial charge in [0.05, 0.1) is 24.7 Å². The van der Waals surface area contributed by atoms with Crippen molar-refractivity contribution in [1.82, 2.24) is 25.3 Å². The summed E-state index contributed by atoms with van der Waals surface area (Å²) < 4.78 is 32.9. The van der Waals surface area contributed by atoms with E-state index in [0.29, 0.717) is 19.5 Å². The van der Waals surface area contributed by atoms with E-state index in [4.69, 9.17) is 4.74 Å². The molecule has 2 heterocycles. The summed E-state index contributed by atoms with van der Waals surface area (Å²) in [6.45, 7) is 12.3. The Kier molecular flexibility index (Phi) is 11.1. The van der Waals surface area contributed by atoms with E-state index in [-0.39, 0.29) is 48.2 Å². The van der Waals surface area contributed by atoms with E-state index in [1.165, 1.54) is 11.0 Å². The average Bonchev–Trinajstić information content (AvgIpc) is 3.48. The van der Waals surface area contributed by atoms with Gasteiger partial charge in [0.1, 0.15) is 11.8 Å². The molecular weight excluding hydrogens is 508 g/mol. The van der Waals surface area contributed by atoms with Crippen molar-refractivity contribution in [3.05, 3.63) is 29.8 Å².